The van der Waals surface area contributed by atoms with Crippen LogP contribution < -0.4 is 9.46 Å². The van der Waals surface area contributed by atoms with Gasteiger partial charge in [0.25, 0.3) is 10.0 Å². The zero-order valence-electron chi connectivity index (χ0n) is 12.1. The van der Waals surface area contributed by atoms with Crippen molar-refractivity contribution in [2.24, 2.45) is 0 Å². The van der Waals surface area contributed by atoms with Gasteiger partial charge in [0.15, 0.2) is 0 Å². The van der Waals surface area contributed by atoms with Gasteiger partial charge in [-0.15, -0.1) is 0 Å². The van der Waals surface area contributed by atoms with Crippen LogP contribution in [-0.4, -0.2) is 28.6 Å². The van der Waals surface area contributed by atoms with Crippen LogP contribution in [0.2, 0.25) is 0 Å². The van der Waals surface area contributed by atoms with Gasteiger partial charge in [0.05, 0.1) is 30.4 Å². The topological polar surface area (TPSA) is 81.7 Å². The van der Waals surface area contributed by atoms with E-state index < -0.39 is 16.0 Å². The first-order valence-electron chi connectivity index (χ1n) is 6.32. The van der Waals surface area contributed by atoms with Crippen molar-refractivity contribution < 1.29 is 22.7 Å². The molecule has 2 aromatic carbocycles. The van der Waals surface area contributed by atoms with Crippen molar-refractivity contribution >= 4 is 21.7 Å². The van der Waals surface area contributed by atoms with Gasteiger partial charge in [-0.2, -0.15) is 0 Å². The van der Waals surface area contributed by atoms with Gasteiger partial charge < -0.3 is 9.47 Å². The molecule has 0 aliphatic carbocycles. The summed E-state index contributed by atoms with van der Waals surface area (Å²) in [6.45, 7) is 0. The normalized spacial score (nSPS) is 10.8. The fourth-order valence-corrected chi connectivity index (χ4v) is 2.92. The number of carbonyl (C=O) groups excluding carboxylic acids is 1. The molecule has 2 rings (SSSR count). The second kappa shape index (κ2) is 6.48. The fourth-order valence-electron chi connectivity index (χ4n) is 1.84. The molecule has 0 unspecified atom stereocenters. The minimum absolute atomic E-state index is 0.112. The highest BCUT2D eigenvalue weighted by atomic mass is 32.2. The van der Waals surface area contributed by atoms with Crippen molar-refractivity contribution in [2.45, 2.75) is 4.90 Å². The summed E-state index contributed by atoms with van der Waals surface area (Å²) < 4.78 is 36.8. The maximum atomic E-state index is 12.3. The molecule has 0 radical (unpaired) electrons. The summed E-state index contributed by atoms with van der Waals surface area (Å²) >= 11 is 0. The smallest absolute Gasteiger partial charge is 0.337 e. The molecule has 0 amide bonds. The molecule has 7 heteroatoms. The Kier molecular flexibility index (Phi) is 4.67. The third kappa shape index (κ3) is 3.37. The van der Waals surface area contributed by atoms with Gasteiger partial charge in [0.1, 0.15) is 5.75 Å². The summed E-state index contributed by atoms with van der Waals surface area (Å²) in [4.78, 5) is 11.7. The maximum Gasteiger partial charge on any atom is 0.337 e. The van der Waals surface area contributed by atoms with Gasteiger partial charge >= 0.3 is 5.97 Å². The molecule has 116 valence electrons. The Bertz CT molecular complexity index is 772. The number of sulfonamides is 1. The molecule has 0 aromatic heterocycles. The zero-order chi connectivity index (χ0) is 16.2. The molecule has 0 aliphatic heterocycles. The molecule has 2 aromatic rings. The summed E-state index contributed by atoms with van der Waals surface area (Å²) in [5, 5.41) is 0. The lowest BCUT2D eigenvalue weighted by Gasteiger charge is -2.13. The molecule has 0 bridgehead atoms. The second-order valence-electron chi connectivity index (χ2n) is 4.33. The number of nitrogens with one attached hydrogen (secondary N) is 1. The molecule has 0 spiro atoms. The Morgan fingerprint density at radius 2 is 1.73 bits per heavy atom. The predicted molar refractivity (Wildman–Crippen MR) is 81.6 cm³/mol. The van der Waals surface area contributed by atoms with Crippen LogP contribution in [0.1, 0.15) is 10.4 Å². The average molecular weight is 321 g/mol. The predicted octanol–water partition coefficient (Wildman–Crippen LogP) is 2.28. The van der Waals surface area contributed by atoms with Crippen LogP contribution >= 0.6 is 0 Å². The monoisotopic (exact) mass is 321 g/mol. The lowest BCUT2D eigenvalue weighted by molar-refractivity contribution is 0.0600. The molecule has 0 saturated carbocycles. The summed E-state index contributed by atoms with van der Waals surface area (Å²) in [5.41, 5.74) is 0.378. The van der Waals surface area contributed by atoms with E-state index in [1.54, 1.807) is 18.2 Å². The number of methoxy groups -OCH3 is 2. The minimum atomic E-state index is -3.78. The van der Waals surface area contributed by atoms with Crippen LogP contribution in [0.4, 0.5) is 5.69 Å². The Morgan fingerprint density at radius 3 is 2.32 bits per heavy atom. The SMILES string of the molecule is COC(=O)c1ccc(OC)c(NS(=O)(=O)c2ccccc2)c1. The van der Waals surface area contributed by atoms with Crippen molar-refractivity contribution in [2.75, 3.05) is 18.9 Å². The molecule has 6 nitrogen and oxygen atoms in total. The molecule has 0 fully saturated rings. The number of ether oxygens (including phenoxy) is 2. The van der Waals surface area contributed by atoms with Crippen molar-refractivity contribution in [3.63, 3.8) is 0 Å². The van der Waals surface area contributed by atoms with Gasteiger partial charge in [-0.3, -0.25) is 4.72 Å². The van der Waals surface area contributed by atoms with E-state index in [9.17, 15) is 13.2 Å². The van der Waals surface area contributed by atoms with Gasteiger partial charge in [-0.05, 0) is 30.3 Å². The molecule has 0 heterocycles. The number of carbonyl (C=O) groups is 1. The van der Waals surface area contributed by atoms with Crippen LogP contribution in [0, 0.1) is 0 Å². The quantitative estimate of drug-likeness (QED) is 0.854. The average Bonchev–Trinajstić information content (AvgIpc) is 2.54. The second-order valence-corrected chi connectivity index (χ2v) is 6.01. The third-order valence-electron chi connectivity index (χ3n) is 2.92. The van der Waals surface area contributed by atoms with E-state index in [2.05, 4.69) is 9.46 Å². The van der Waals surface area contributed by atoms with E-state index in [1.807, 2.05) is 0 Å². The highest BCUT2D eigenvalue weighted by Gasteiger charge is 2.18. The molecule has 0 atom stereocenters. The number of esters is 1. The number of benzene rings is 2. The van der Waals surface area contributed by atoms with Crippen molar-refractivity contribution in [3.8, 4) is 5.75 Å². The van der Waals surface area contributed by atoms with Crippen LogP contribution in [0.5, 0.6) is 5.75 Å². The molecule has 0 saturated heterocycles. The largest absolute Gasteiger partial charge is 0.495 e. The van der Waals surface area contributed by atoms with E-state index in [0.29, 0.717) is 5.75 Å². The van der Waals surface area contributed by atoms with Gasteiger partial charge in [0, 0.05) is 0 Å². The Hall–Kier alpha value is -2.54. The summed E-state index contributed by atoms with van der Waals surface area (Å²) in [7, 11) is -1.12. The first kappa shape index (κ1) is 15.8. The summed E-state index contributed by atoms with van der Waals surface area (Å²) in [6, 6.07) is 12.3. The van der Waals surface area contributed by atoms with Crippen LogP contribution in [-0.2, 0) is 14.8 Å². The van der Waals surface area contributed by atoms with Gasteiger partial charge in [-0.1, -0.05) is 18.2 Å². The first-order valence-corrected chi connectivity index (χ1v) is 7.80. The van der Waals surface area contributed by atoms with E-state index in [0.717, 1.165) is 0 Å². The number of hydrogen-bond acceptors (Lipinski definition) is 5. The third-order valence-corrected chi connectivity index (χ3v) is 4.30. The molecule has 0 aliphatic rings. The number of hydrogen-bond donors (Lipinski definition) is 1. The van der Waals surface area contributed by atoms with Gasteiger partial charge in [0.2, 0.25) is 0 Å². The summed E-state index contributed by atoms with van der Waals surface area (Å²) in [6.07, 6.45) is 0. The van der Waals surface area contributed by atoms with Gasteiger partial charge in [-0.25, -0.2) is 13.2 Å². The lowest BCUT2D eigenvalue weighted by Crippen LogP contribution is -2.14. The maximum absolute atomic E-state index is 12.3. The van der Waals surface area contributed by atoms with E-state index >= 15 is 0 Å². The number of anilines is 1. The van der Waals surface area contributed by atoms with Crippen molar-refractivity contribution in [3.05, 3.63) is 54.1 Å². The minimum Gasteiger partial charge on any atom is -0.495 e. The molecular weight excluding hydrogens is 306 g/mol. The Labute approximate surface area is 128 Å². The highest BCUT2D eigenvalue weighted by molar-refractivity contribution is 7.92. The van der Waals surface area contributed by atoms with E-state index in [4.69, 9.17) is 4.74 Å². The fraction of sp³-hybridized carbons (Fsp3) is 0.133. The number of rotatable bonds is 5. The standard InChI is InChI=1S/C15H15NO5S/c1-20-14-9-8-11(15(17)21-2)10-13(14)16-22(18,19)12-6-4-3-5-7-12/h3-10,16H,1-2H3. The van der Waals surface area contributed by atoms with E-state index in [1.165, 1.54) is 44.6 Å². The lowest BCUT2D eigenvalue weighted by atomic mass is 10.2. The van der Waals surface area contributed by atoms with Crippen LogP contribution in [0.3, 0.4) is 0 Å². The molecule has 1 N–H and O–H groups in total. The van der Waals surface area contributed by atoms with Crippen molar-refractivity contribution in [1.29, 1.82) is 0 Å². The molecular formula is C15H15NO5S. The summed E-state index contributed by atoms with van der Waals surface area (Å²) in [5.74, 6) is -0.269. The van der Waals surface area contributed by atoms with E-state index in [-0.39, 0.29) is 16.1 Å². The van der Waals surface area contributed by atoms with Crippen molar-refractivity contribution in [1.82, 2.24) is 0 Å². The van der Waals surface area contributed by atoms with Crippen LogP contribution in [0.15, 0.2) is 53.4 Å². The Morgan fingerprint density at radius 1 is 1.05 bits per heavy atom. The molecule has 22 heavy (non-hydrogen) atoms. The van der Waals surface area contributed by atoms with Crippen LogP contribution in [0.25, 0.3) is 0 Å². The zero-order valence-corrected chi connectivity index (χ0v) is 12.9. The Balaban J connectivity index is 2.41. The first-order chi connectivity index (χ1) is 10.5. The highest BCUT2D eigenvalue weighted by Crippen LogP contribution is 2.28.